The van der Waals surface area contributed by atoms with E-state index in [0.717, 1.165) is 23.6 Å². The van der Waals surface area contributed by atoms with Crippen molar-refractivity contribution in [1.82, 2.24) is 4.31 Å². The van der Waals surface area contributed by atoms with E-state index < -0.39 is 14.8 Å². The van der Waals surface area contributed by atoms with E-state index in [9.17, 15) is 13.2 Å². The number of amides is 1. The lowest BCUT2D eigenvalue weighted by molar-refractivity contribution is -0.149. The second-order valence-corrected chi connectivity index (χ2v) is 7.71. The summed E-state index contributed by atoms with van der Waals surface area (Å²) >= 11 is 0. The molecule has 92 valence electrons. The molecule has 2 aliphatic rings. The largest absolute Gasteiger partial charge is 0.324 e. The predicted octanol–water partition coefficient (Wildman–Crippen LogP) is 1.90. The van der Waals surface area contributed by atoms with Crippen LogP contribution in [0.15, 0.2) is 0 Å². The van der Waals surface area contributed by atoms with Crippen LogP contribution < -0.4 is 0 Å². The van der Waals surface area contributed by atoms with Gasteiger partial charge in [0.1, 0.15) is 0 Å². The topological polar surface area (TPSA) is 54.5 Å². The minimum atomic E-state index is -3.91. The zero-order chi connectivity index (χ0) is 12.1. The molecule has 0 N–H and O–H groups in total. The molecule has 16 heavy (non-hydrogen) atoms. The lowest BCUT2D eigenvalue weighted by atomic mass is 9.67. The number of hydrogen-bond acceptors (Lipinski definition) is 3. The summed E-state index contributed by atoms with van der Waals surface area (Å²) in [6.07, 6.45) is 2.91. The molecule has 2 atom stereocenters. The van der Waals surface area contributed by atoms with Crippen molar-refractivity contribution in [2.45, 2.75) is 45.1 Å². The lowest BCUT2D eigenvalue weighted by Crippen LogP contribution is -2.66. The van der Waals surface area contributed by atoms with Crippen LogP contribution in [0.3, 0.4) is 0 Å². The van der Waals surface area contributed by atoms with Crippen molar-refractivity contribution in [2.24, 2.45) is 11.8 Å². The zero-order valence-electron chi connectivity index (χ0n) is 9.44. The summed E-state index contributed by atoms with van der Waals surface area (Å²) in [5.41, 5.74) is -0.519. The maximum Gasteiger partial charge on any atom is 0.324 e. The third kappa shape index (κ3) is 1.84. The number of rotatable bonds is 1. The van der Waals surface area contributed by atoms with Gasteiger partial charge in [-0.05, 0) is 31.1 Å². The highest BCUT2D eigenvalue weighted by atomic mass is 35.7. The Morgan fingerprint density at radius 3 is 2.19 bits per heavy atom. The van der Waals surface area contributed by atoms with Gasteiger partial charge in [0, 0.05) is 10.7 Å². The second-order valence-electron chi connectivity index (χ2n) is 5.36. The van der Waals surface area contributed by atoms with E-state index in [0.29, 0.717) is 18.3 Å². The fraction of sp³-hybridized carbons (Fsp3) is 0.900. The molecular formula is C10H16ClNO3S. The maximum atomic E-state index is 11.4. The second kappa shape index (κ2) is 3.60. The first-order valence-electron chi connectivity index (χ1n) is 5.52. The van der Waals surface area contributed by atoms with E-state index in [-0.39, 0.29) is 5.91 Å². The molecule has 0 bridgehead atoms. The Morgan fingerprint density at radius 2 is 1.81 bits per heavy atom. The van der Waals surface area contributed by atoms with Crippen LogP contribution in [0.4, 0.5) is 0 Å². The van der Waals surface area contributed by atoms with Crippen molar-refractivity contribution in [3.05, 3.63) is 0 Å². The van der Waals surface area contributed by atoms with Crippen molar-refractivity contribution in [2.75, 3.05) is 0 Å². The Labute approximate surface area is 101 Å². The predicted molar refractivity (Wildman–Crippen MR) is 61.1 cm³/mol. The van der Waals surface area contributed by atoms with E-state index in [2.05, 4.69) is 13.8 Å². The molecular weight excluding hydrogens is 250 g/mol. The molecule has 0 aromatic carbocycles. The van der Waals surface area contributed by atoms with Gasteiger partial charge in [-0.15, -0.1) is 0 Å². The average molecular weight is 266 g/mol. The summed E-state index contributed by atoms with van der Waals surface area (Å²) in [5, 5.41) is 0. The summed E-state index contributed by atoms with van der Waals surface area (Å²) in [7, 11) is 1.41. The molecule has 1 amide bonds. The van der Waals surface area contributed by atoms with Crippen LogP contribution in [-0.4, -0.2) is 24.2 Å². The van der Waals surface area contributed by atoms with E-state index >= 15 is 0 Å². The van der Waals surface area contributed by atoms with E-state index in [4.69, 9.17) is 10.7 Å². The quantitative estimate of drug-likeness (QED) is 0.537. The highest BCUT2D eigenvalue weighted by Crippen LogP contribution is 2.49. The van der Waals surface area contributed by atoms with Gasteiger partial charge in [0.2, 0.25) is 5.91 Å². The Balaban J connectivity index is 2.29. The van der Waals surface area contributed by atoms with Crippen LogP contribution >= 0.6 is 10.7 Å². The maximum absolute atomic E-state index is 11.4. The molecule has 1 aliphatic carbocycles. The third-order valence-corrected chi connectivity index (χ3v) is 5.06. The Morgan fingerprint density at radius 1 is 1.31 bits per heavy atom. The monoisotopic (exact) mass is 265 g/mol. The molecule has 2 rings (SSSR count). The molecule has 6 heteroatoms. The van der Waals surface area contributed by atoms with E-state index in [1.807, 2.05) is 0 Å². The van der Waals surface area contributed by atoms with Gasteiger partial charge in [0.25, 0.3) is 0 Å². The van der Waals surface area contributed by atoms with Crippen molar-refractivity contribution in [3.63, 3.8) is 0 Å². The molecule has 2 unspecified atom stereocenters. The first kappa shape index (κ1) is 12.2. The summed E-state index contributed by atoms with van der Waals surface area (Å²) in [6.45, 7) is 4.19. The smallest absolute Gasteiger partial charge is 0.274 e. The molecule has 2 fully saturated rings. The van der Waals surface area contributed by atoms with Gasteiger partial charge in [-0.2, -0.15) is 8.42 Å². The van der Waals surface area contributed by atoms with Crippen LogP contribution in [0, 0.1) is 11.8 Å². The molecule has 4 nitrogen and oxygen atoms in total. The van der Waals surface area contributed by atoms with Gasteiger partial charge in [-0.3, -0.25) is 4.79 Å². The lowest BCUT2D eigenvalue weighted by Gasteiger charge is -2.54. The van der Waals surface area contributed by atoms with E-state index in [1.54, 1.807) is 0 Å². The number of β-lactam (4-membered cyclic amide) rings is 1. The van der Waals surface area contributed by atoms with Crippen molar-refractivity contribution in [1.29, 1.82) is 0 Å². The summed E-state index contributed by atoms with van der Waals surface area (Å²) in [4.78, 5) is 11.4. The Kier molecular flexibility index (Phi) is 2.74. The summed E-state index contributed by atoms with van der Waals surface area (Å²) in [6, 6.07) is 0. The third-order valence-electron chi connectivity index (χ3n) is 3.62. The number of carbonyl (C=O) groups excluding carboxylic acids is 1. The minimum Gasteiger partial charge on any atom is -0.274 e. The zero-order valence-corrected chi connectivity index (χ0v) is 11.0. The Hall–Kier alpha value is -0.290. The summed E-state index contributed by atoms with van der Waals surface area (Å²) < 4.78 is 23.7. The van der Waals surface area contributed by atoms with Gasteiger partial charge in [0.05, 0.1) is 12.0 Å². The highest BCUT2D eigenvalue weighted by Gasteiger charge is 2.58. The van der Waals surface area contributed by atoms with E-state index in [1.165, 1.54) is 0 Å². The van der Waals surface area contributed by atoms with Crippen LogP contribution in [0.25, 0.3) is 0 Å². The van der Waals surface area contributed by atoms with Gasteiger partial charge >= 0.3 is 9.24 Å². The number of hydrogen-bond donors (Lipinski definition) is 0. The SMILES string of the molecule is CC1CC(C)CC2(CC(=O)N2S(=O)(=O)Cl)C1. The highest BCUT2D eigenvalue weighted by molar-refractivity contribution is 8.12. The first-order valence-corrected chi connectivity index (χ1v) is 7.79. The molecule has 1 heterocycles. The minimum absolute atomic E-state index is 0.327. The molecule has 1 spiro atoms. The van der Waals surface area contributed by atoms with Crippen LogP contribution in [0.5, 0.6) is 0 Å². The molecule has 0 aromatic heterocycles. The summed E-state index contributed by atoms with van der Waals surface area (Å²) in [5.74, 6) is 0.520. The number of nitrogens with zero attached hydrogens (tertiary/aromatic N) is 1. The standard InChI is InChI=1S/C10H16ClNO3S/c1-7-3-8(2)5-10(4-7)6-9(13)12(10)16(11,14)15/h7-8H,3-6H2,1-2H3. The normalized spacial score (nSPS) is 39.9. The average Bonchev–Trinajstić information content (AvgIpc) is 1.95. The molecule has 0 radical (unpaired) electrons. The Bertz CT molecular complexity index is 410. The van der Waals surface area contributed by atoms with Crippen molar-refractivity contribution in [3.8, 4) is 0 Å². The van der Waals surface area contributed by atoms with Crippen molar-refractivity contribution < 1.29 is 13.2 Å². The molecule has 0 aromatic rings. The van der Waals surface area contributed by atoms with Gasteiger partial charge in [-0.25, -0.2) is 4.31 Å². The van der Waals surface area contributed by atoms with Crippen LogP contribution in [0.1, 0.15) is 39.5 Å². The molecule has 1 saturated carbocycles. The number of halogens is 1. The van der Waals surface area contributed by atoms with Gasteiger partial charge in [0.15, 0.2) is 0 Å². The fourth-order valence-electron chi connectivity index (χ4n) is 3.50. The van der Waals surface area contributed by atoms with Crippen molar-refractivity contribution >= 4 is 25.8 Å². The van der Waals surface area contributed by atoms with Crippen LogP contribution in [-0.2, 0) is 14.0 Å². The molecule has 1 saturated heterocycles. The number of carbonyl (C=O) groups is 1. The first-order chi connectivity index (χ1) is 7.24. The fourth-order valence-corrected chi connectivity index (χ4v) is 5.15. The van der Waals surface area contributed by atoms with Crippen LogP contribution in [0.2, 0.25) is 0 Å². The van der Waals surface area contributed by atoms with Gasteiger partial charge < -0.3 is 0 Å². The van der Waals surface area contributed by atoms with Gasteiger partial charge in [-0.1, -0.05) is 13.8 Å². The molecule has 1 aliphatic heterocycles.